The number of esters is 1. The van der Waals surface area contributed by atoms with Crippen LogP contribution >= 0.6 is 0 Å². The zero-order chi connectivity index (χ0) is 40.9. The number of phenols is 1. The zero-order valence-corrected chi connectivity index (χ0v) is 34.5. The number of morpholine rings is 1. The number of hydrogen-bond acceptors (Lipinski definition) is 12. The number of aliphatic hydroxyl groups is 2. The number of benzene rings is 1. The molecule has 7 aliphatic rings. The number of rotatable bonds is 10. The van der Waals surface area contributed by atoms with Crippen LogP contribution in [0.3, 0.4) is 0 Å². The summed E-state index contributed by atoms with van der Waals surface area (Å²) in [5.74, 6) is -2.95. The number of ketones is 2. The van der Waals surface area contributed by atoms with E-state index in [1.54, 1.807) is 32.9 Å². The molecule has 5 fully saturated rings. The number of allylic oxidation sites excluding steroid dienone is 2. The van der Waals surface area contributed by atoms with E-state index >= 15 is 9.59 Å². The summed E-state index contributed by atoms with van der Waals surface area (Å²) in [6.45, 7) is 18.5. The maximum absolute atomic E-state index is 15.8. The molecule has 4 aliphatic heterocycles. The van der Waals surface area contributed by atoms with Crippen molar-refractivity contribution in [3.8, 4) is 17.2 Å². The fourth-order valence-corrected chi connectivity index (χ4v) is 11.1. The van der Waals surface area contributed by atoms with Crippen LogP contribution in [0.25, 0.3) is 6.08 Å². The van der Waals surface area contributed by atoms with Crippen molar-refractivity contribution >= 4 is 23.6 Å². The molecule has 1 aromatic carbocycles. The summed E-state index contributed by atoms with van der Waals surface area (Å²) >= 11 is 0. The quantitative estimate of drug-likeness (QED) is 0.164. The van der Waals surface area contributed by atoms with Gasteiger partial charge in [0.1, 0.15) is 28.4 Å². The summed E-state index contributed by atoms with van der Waals surface area (Å²) in [5, 5.41) is 33.4. The van der Waals surface area contributed by atoms with Crippen molar-refractivity contribution in [2.24, 2.45) is 23.7 Å². The van der Waals surface area contributed by atoms with E-state index in [4.69, 9.17) is 23.7 Å². The van der Waals surface area contributed by atoms with Crippen LogP contribution in [0.15, 0.2) is 29.4 Å². The molecule has 3 aliphatic carbocycles. The van der Waals surface area contributed by atoms with Crippen LogP contribution in [-0.2, 0) is 30.2 Å². The van der Waals surface area contributed by atoms with E-state index in [0.29, 0.717) is 61.6 Å². The SMILES string of the molecule is COC(=O)/C(C)=C\CC12OC(C)(C)C3[C@H](C)C(C1=O)C(N1CCOCC1)C1C(=O)c4c(O)c5c(c(CC=C(C)C)c4OC132)OC(C)(CCC(O)C(C)(C)O)C=C5. The van der Waals surface area contributed by atoms with Gasteiger partial charge < -0.3 is 39.0 Å². The van der Waals surface area contributed by atoms with Crippen LogP contribution in [-0.4, -0.2) is 111 Å². The minimum Gasteiger partial charge on any atom is -0.506 e. The Labute approximate surface area is 329 Å². The normalized spacial score (nSPS) is 34.9. The number of carbonyl (C=O) groups excluding carboxylic acids is 3. The molecule has 3 saturated carbocycles. The summed E-state index contributed by atoms with van der Waals surface area (Å²) in [6.07, 6.45) is 7.10. The van der Waals surface area contributed by atoms with Crippen LogP contribution in [0.1, 0.15) is 103 Å². The molecule has 12 nitrogen and oxygen atoms in total. The van der Waals surface area contributed by atoms with Gasteiger partial charge in [0.05, 0.1) is 49.1 Å². The number of Topliss-reactive ketones (excluding diaryl/α,β-unsaturated/α-hetero) is 2. The van der Waals surface area contributed by atoms with E-state index in [2.05, 4.69) is 11.8 Å². The largest absolute Gasteiger partial charge is 0.506 e. The van der Waals surface area contributed by atoms with Crippen molar-refractivity contribution in [2.75, 3.05) is 33.4 Å². The highest BCUT2D eigenvalue weighted by atomic mass is 16.6. The van der Waals surface area contributed by atoms with Gasteiger partial charge in [-0.05, 0) is 92.7 Å². The molecule has 4 bridgehead atoms. The Balaban J connectivity index is 1.48. The smallest absolute Gasteiger partial charge is 0.333 e. The van der Waals surface area contributed by atoms with Crippen LogP contribution < -0.4 is 9.47 Å². The highest BCUT2D eigenvalue weighted by molar-refractivity contribution is 6.10. The number of nitrogens with zero attached hydrogens (tertiary/aromatic N) is 1. The molecular weight excluding hydrogens is 718 g/mol. The van der Waals surface area contributed by atoms with Crippen molar-refractivity contribution in [1.82, 2.24) is 4.90 Å². The lowest BCUT2D eigenvalue weighted by molar-refractivity contribution is -0.225. The molecule has 3 N–H and O–H groups in total. The summed E-state index contributed by atoms with van der Waals surface area (Å²) < 4.78 is 32.2. The van der Waals surface area contributed by atoms with E-state index in [1.807, 2.05) is 46.8 Å². The number of aromatic hydroxyl groups is 1. The van der Waals surface area contributed by atoms with Crippen molar-refractivity contribution in [2.45, 2.75) is 128 Å². The molecule has 12 heteroatoms. The first-order valence-corrected chi connectivity index (χ1v) is 20.0. The highest BCUT2D eigenvalue weighted by Crippen LogP contribution is 2.72. The summed E-state index contributed by atoms with van der Waals surface area (Å²) in [4.78, 5) is 46.1. The Bertz CT molecular complexity index is 1910. The first-order valence-electron chi connectivity index (χ1n) is 20.0. The number of carbonyl (C=O) groups is 3. The summed E-state index contributed by atoms with van der Waals surface area (Å²) in [5.41, 5.74) is -4.10. The molecule has 0 aromatic heterocycles. The van der Waals surface area contributed by atoms with Gasteiger partial charge in [0.2, 0.25) is 0 Å². The van der Waals surface area contributed by atoms with E-state index in [0.717, 1.165) is 5.57 Å². The summed E-state index contributed by atoms with van der Waals surface area (Å²) in [7, 11) is 1.30. The monoisotopic (exact) mass is 777 g/mol. The van der Waals surface area contributed by atoms with Crippen LogP contribution in [0.4, 0.5) is 0 Å². The van der Waals surface area contributed by atoms with Gasteiger partial charge in [-0.1, -0.05) is 24.6 Å². The van der Waals surface area contributed by atoms with Gasteiger partial charge in [0, 0.05) is 48.5 Å². The molecule has 2 saturated heterocycles. The van der Waals surface area contributed by atoms with Crippen LogP contribution in [0.2, 0.25) is 0 Å². The van der Waals surface area contributed by atoms with Crippen molar-refractivity contribution in [3.63, 3.8) is 0 Å². The second kappa shape index (κ2) is 13.8. The molecule has 1 spiro atoms. The van der Waals surface area contributed by atoms with Gasteiger partial charge in [-0.15, -0.1) is 0 Å². The van der Waals surface area contributed by atoms with Gasteiger partial charge >= 0.3 is 5.97 Å². The zero-order valence-electron chi connectivity index (χ0n) is 34.5. The Hall–Kier alpha value is -3.55. The minimum absolute atomic E-state index is 0.0219. The van der Waals surface area contributed by atoms with Crippen molar-refractivity contribution in [3.05, 3.63) is 46.1 Å². The van der Waals surface area contributed by atoms with Crippen LogP contribution in [0.5, 0.6) is 17.2 Å². The first kappa shape index (κ1) is 40.6. The Morgan fingerprint density at radius 1 is 1.09 bits per heavy atom. The average Bonchev–Trinajstić information content (AvgIpc) is 3.31. The van der Waals surface area contributed by atoms with E-state index < -0.39 is 63.9 Å². The molecule has 9 atom stereocenters. The number of fused-ring (bicyclic) bond motifs is 2. The second-order valence-corrected chi connectivity index (χ2v) is 18.4. The van der Waals surface area contributed by atoms with Gasteiger partial charge in [-0.3, -0.25) is 14.5 Å². The molecular formula is C44H59NO11. The Morgan fingerprint density at radius 3 is 2.39 bits per heavy atom. The molecule has 8 rings (SSSR count). The third kappa shape index (κ3) is 5.91. The number of ether oxygens (including phenoxy) is 5. The number of hydrogen-bond donors (Lipinski definition) is 3. The van der Waals surface area contributed by atoms with E-state index in [1.165, 1.54) is 7.11 Å². The molecule has 1 aromatic rings. The minimum atomic E-state index is -1.66. The number of aliphatic hydroxyl groups excluding tert-OH is 1. The van der Waals surface area contributed by atoms with E-state index in [-0.39, 0.29) is 47.4 Å². The van der Waals surface area contributed by atoms with Gasteiger partial charge in [0.25, 0.3) is 0 Å². The maximum atomic E-state index is 15.8. The number of methoxy groups -OCH3 is 1. The fraction of sp³-hybridized carbons (Fsp3) is 0.659. The number of phenolic OH excluding ortho intramolecular Hbond substituents is 1. The third-order valence-electron chi connectivity index (χ3n) is 13.6. The third-order valence-corrected chi connectivity index (χ3v) is 13.6. The highest BCUT2D eigenvalue weighted by Gasteiger charge is 2.87. The van der Waals surface area contributed by atoms with E-state index in [9.17, 15) is 20.1 Å². The van der Waals surface area contributed by atoms with Crippen molar-refractivity contribution in [1.29, 1.82) is 0 Å². The Morgan fingerprint density at radius 2 is 1.77 bits per heavy atom. The van der Waals surface area contributed by atoms with Gasteiger partial charge in [-0.25, -0.2) is 4.79 Å². The molecule has 306 valence electrons. The van der Waals surface area contributed by atoms with Crippen molar-refractivity contribution < 1.29 is 53.4 Å². The first-order chi connectivity index (χ1) is 26.2. The molecule has 0 radical (unpaired) electrons. The fourth-order valence-electron chi connectivity index (χ4n) is 11.1. The van der Waals surface area contributed by atoms with Crippen LogP contribution in [0, 0.1) is 23.7 Å². The topological polar surface area (TPSA) is 161 Å². The predicted molar refractivity (Wildman–Crippen MR) is 208 cm³/mol. The lowest BCUT2D eigenvalue weighted by Crippen LogP contribution is -2.84. The molecule has 56 heavy (non-hydrogen) atoms. The molecule has 8 unspecified atom stereocenters. The van der Waals surface area contributed by atoms with Gasteiger partial charge in [-0.2, -0.15) is 0 Å². The lowest BCUT2D eigenvalue weighted by Gasteiger charge is -2.66. The predicted octanol–water partition coefficient (Wildman–Crippen LogP) is 5.13. The van der Waals surface area contributed by atoms with Gasteiger partial charge in [0.15, 0.2) is 22.8 Å². The summed E-state index contributed by atoms with van der Waals surface area (Å²) in [6, 6.07) is -0.552. The maximum Gasteiger partial charge on any atom is 0.333 e. The Kier molecular flexibility index (Phi) is 10.0. The second-order valence-electron chi connectivity index (χ2n) is 18.4. The lowest BCUT2D eigenvalue weighted by atomic mass is 9.41. The standard InChI is InChI=1S/C44H59NO11/c1-23(2)11-12-27-35-26(14-16-42(9,54-35)17-15-28(46)40(5,6)51)33(47)30-34(48)31-32(45-19-21-53-22-20-45)29-25(4)37-41(7,8)56-43(38(29)49,44(31,37)55-36(27)30)18-13-24(3)39(50)52-10/h11,13-14,16,25,28-29,31-32,37,46-47,51H,12,15,17-22H2,1-10H3/b24-13-/t25-,28?,29?,31?,32?,37?,42?,43?,44?/m1/s1. The average molecular weight is 778 g/mol. The molecule has 0 amide bonds. The molecule has 4 heterocycles.